The fourth-order valence-corrected chi connectivity index (χ4v) is 5.04. The molecule has 2 unspecified atom stereocenters. The quantitative estimate of drug-likeness (QED) is 0.898. The molecule has 5 heteroatoms. The number of amides is 1. The van der Waals surface area contributed by atoms with E-state index in [-0.39, 0.29) is 23.7 Å². The maximum atomic E-state index is 13.1. The number of fused-ring (bicyclic) bond motifs is 1. The molecule has 1 aromatic rings. The standard InChI is InChI=1S/C21H30N2O3/c1-26-21-9-8-18(24)14-19(21)23(13-10-21)20(25)17-6-4-16(5-7-17)15-22-11-2-3-12-22/h4-7,18-19,24H,2-3,8-15H2,1H3/t18?,19?,21-/m1/s1. The molecule has 2 heterocycles. The number of ether oxygens (including phenoxy) is 1. The number of carbonyl (C=O) groups is 1. The zero-order valence-corrected chi connectivity index (χ0v) is 15.7. The predicted molar refractivity (Wildman–Crippen MR) is 100.0 cm³/mol. The van der Waals surface area contributed by atoms with Crippen LogP contribution in [0.5, 0.6) is 0 Å². The van der Waals surface area contributed by atoms with Gasteiger partial charge in [-0.2, -0.15) is 0 Å². The van der Waals surface area contributed by atoms with E-state index in [1.165, 1.54) is 31.5 Å². The van der Waals surface area contributed by atoms with Crippen molar-refractivity contribution in [3.8, 4) is 0 Å². The summed E-state index contributed by atoms with van der Waals surface area (Å²) in [5.41, 5.74) is 1.73. The van der Waals surface area contributed by atoms with Crippen molar-refractivity contribution in [1.82, 2.24) is 9.80 Å². The van der Waals surface area contributed by atoms with E-state index < -0.39 is 0 Å². The molecule has 1 amide bonds. The highest BCUT2D eigenvalue weighted by atomic mass is 16.5. The second-order valence-electron chi connectivity index (χ2n) is 8.14. The molecule has 2 aliphatic heterocycles. The van der Waals surface area contributed by atoms with Gasteiger partial charge in [0.25, 0.3) is 5.91 Å². The van der Waals surface area contributed by atoms with Gasteiger partial charge in [0, 0.05) is 25.8 Å². The van der Waals surface area contributed by atoms with Crippen LogP contribution >= 0.6 is 0 Å². The van der Waals surface area contributed by atoms with Crippen LogP contribution in [0.3, 0.4) is 0 Å². The molecular weight excluding hydrogens is 328 g/mol. The third-order valence-electron chi connectivity index (χ3n) is 6.63. The zero-order chi connectivity index (χ0) is 18.1. The Morgan fingerprint density at radius 2 is 1.92 bits per heavy atom. The summed E-state index contributed by atoms with van der Waals surface area (Å²) in [6, 6.07) is 8.06. The van der Waals surface area contributed by atoms with Gasteiger partial charge in [0.05, 0.1) is 17.7 Å². The molecule has 0 aromatic heterocycles. The first-order chi connectivity index (χ1) is 12.6. The molecule has 1 aliphatic carbocycles. The summed E-state index contributed by atoms with van der Waals surface area (Å²) in [7, 11) is 1.74. The molecule has 3 fully saturated rings. The molecular formula is C21H30N2O3. The Hall–Kier alpha value is -1.43. The SMILES string of the molecule is CO[C@@]12CCC(O)CC1N(C(=O)c1ccc(CN3CCCC3)cc1)CC2. The van der Waals surface area contributed by atoms with Crippen molar-refractivity contribution in [3.05, 3.63) is 35.4 Å². The van der Waals surface area contributed by atoms with Crippen LogP contribution in [-0.4, -0.2) is 65.3 Å². The van der Waals surface area contributed by atoms with Crippen LogP contribution in [0.15, 0.2) is 24.3 Å². The molecule has 3 atom stereocenters. The Morgan fingerprint density at radius 3 is 2.62 bits per heavy atom. The van der Waals surface area contributed by atoms with E-state index in [0.717, 1.165) is 31.4 Å². The topological polar surface area (TPSA) is 53.0 Å². The van der Waals surface area contributed by atoms with Crippen LogP contribution in [0.1, 0.15) is 54.4 Å². The molecule has 1 N–H and O–H groups in total. The van der Waals surface area contributed by atoms with Crippen LogP contribution in [0.2, 0.25) is 0 Å². The maximum absolute atomic E-state index is 13.1. The van der Waals surface area contributed by atoms with Crippen molar-refractivity contribution in [2.75, 3.05) is 26.7 Å². The van der Waals surface area contributed by atoms with E-state index in [2.05, 4.69) is 17.0 Å². The third-order valence-corrected chi connectivity index (χ3v) is 6.63. The molecule has 0 radical (unpaired) electrons. The molecule has 1 aromatic carbocycles. The lowest BCUT2D eigenvalue weighted by molar-refractivity contribution is -0.0824. The summed E-state index contributed by atoms with van der Waals surface area (Å²) >= 11 is 0. The minimum absolute atomic E-state index is 0.0203. The lowest BCUT2D eigenvalue weighted by Crippen LogP contribution is -2.52. The largest absolute Gasteiger partial charge is 0.393 e. The van der Waals surface area contributed by atoms with Gasteiger partial charge in [-0.3, -0.25) is 9.69 Å². The minimum atomic E-state index is -0.334. The van der Waals surface area contributed by atoms with Crippen molar-refractivity contribution in [3.63, 3.8) is 0 Å². The summed E-state index contributed by atoms with van der Waals surface area (Å²) in [5, 5.41) is 10.1. The lowest BCUT2D eigenvalue weighted by Gasteiger charge is -2.42. The molecule has 1 saturated carbocycles. The Morgan fingerprint density at radius 1 is 1.19 bits per heavy atom. The average molecular weight is 358 g/mol. The summed E-state index contributed by atoms with van der Waals surface area (Å²) in [6.07, 6.45) is 5.32. The summed E-state index contributed by atoms with van der Waals surface area (Å²) in [6.45, 7) is 4.04. The zero-order valence-electron chi connectivity index (χ0n) is 15.7. The number of rotatable bonds is 4. The van der Waals surface area contributed by atoms with E-state index >= 15 is 0 Å². The first-order valence-electron chi connectivity index (χ1n) is 9.97. The number of hydrogen-bond acceptors (Lipinski definition) is 4. The molecule has 142 valence electrons. The van der Waals surface area contributed by atoms with Gasteiger partial charge in [0.2, 0.25) is 0 Å². The monoisotopic (exact) mass is 358 g/mol. The number of benzene rings is 1. The molecule has 4 rings (SSSR count). The number of likely N-dealkylation sites (tertiary alicyclic amines) is 2. The fourth-order valence-electron chi connectivity index (χ4n) is 5.04. The molecule has 0 bridgehead atoms. The number of carbonyl (C=O) groups excluding carboxylic acids is 1. The number of methoxy groups -OCH3 is 1. The third kappa shape index (κ3) is 3.28. The van der Waals surface area contributed by atoms with Gasteiger partial charge in [0.1, 0.15) is 0 Å². The van der Waals surface area contributed by atoms with Crippen LogP contribution < -0.4 is 0 Å². The lowest BCUT2D eigenvalue weighted by atomic mass is 9.79. The normalized spacial score (nSPS) is 32.0. The van der Waals surface area contributed by atoms with Crippen LogP contribution in [0, 0.1) is 0 Å². The van der Waals surface area contributed by atoms with E-state index in [1.807, 2.05) is 17.0 Å². The van der Waals surface area contributed by atoms with Crippen molar-refractivity contribution in [2.24, 2.45) is 0 Å². The molecule has 0 spiro atoms. The van der Waals surface area contributed by atoms with Gasteiger partial charge in [-0.05, 0) is 69.3 Å². The van der Waals surface area contributed by atoms with E-state index in [1.54, 1.807) is 7.11 Å². The van der Waals surface area contributed by atoms with E-state index in [4.69, 9.17) is 4.74 Å². The average Bonchev–Trinajstić information content (AvgIpc) is 3.30. The number of hydrogen-bond donors (Lipinski definition) is 1. The summed E-state index contributed by atoms with van der Waals surface area (Å²) in [5.74, 6) is 0.0655. The van der Waals surface area contributed by atoms with Gasteiger partial charge in [-0.1, -0.05) is 12.1 Å². The highest BCUT2D eigenvalue weighted by Crippen LogP contribution is 2.42. The number of nitrogens with zero attached hydrogens (tertiary/aromatic N) is 2. The Balaban J connectivity index is 1.46. The molecule has 26 heavy (non-hydrogen) atoms. The van der Waals surface area contributed by atoms with Crippen molar-refractivity contribution in [2.45, 2.75) is 62.8 Å². The van der Waals surface area contributed by atoms with Crippen LogP contribution in [0.4, 0.5) is 0 Å². The second-order valence-corrected chi connectivity index (χ2v) is 8.14. The number of aliphatic hydroxyl groups excluding tert-OH is 1. The van der Waals surface area contributed by atoms with E-state index in [9.17, 15) is 9.90 Å². The van der Waals surface area contributed by atoms with Crippen molar-refractivity contribution < 1.29 is 14.6 Å². The van der Waals surface area contributed by atoms with E-state index in [0.29, 0.717) is 13.0 Å². The van der Waals surface area contributed by atoms with Crippen molar-refractivity contribution >= 4 is 5.91 Å². The summed E-state index contributed by atoms with van der Waals surface area (Å²) in [4.78, 5) is 17.5. The second kappa shape index (κ2) is 7.29. The molecule has 3 aliphatic rings. The maximum Gasteiger partial charge on any atom is 0.254 e. The van der Waals surface area contributed by atoms with Gasteiger partial charge in [-0.25, -0.2) is 0 Å². The van der Waals surface area contributed by atoms with Crippen molar-refractivity contribution in [1.29, 1.82) is 0 Å². The highest BCUT2D eigenvalue weighted by molar-refractivity contribution is 5.94. The number of aliphatic hydroxyl groups is 1. The first kappa shape index (κ1) is 18.0. The molecule has 5 nitrogen and oxygen atoms in total. The fraction of sp³-hybridized carbons (Fsp3) is 0.667. The van der Waals surface area contributed by atoms with Gasteiger partial charge in [0.15, 0.2) is 0 Å². The van der Waals surface area contributed by atoms with Crippen LogP contribution in [0.25, 0.3) is 0 Å². The predicted octanol–water partition coefficient (Wildman–Crippen LogP) is 2.43. The first-order valence-corrected chi connectivity index (χ1v) is 9.97. The van der Waals surface area contributed by atoms with Crippen LogP contribution in [-0.2, 0) is 11.3 Å². The highest BCUT2D eigenvalue weighted by Gasteiger charge is 2.52. The smallest absolute Gasteiger partial charge is 0.254 e. The van der Waals surface area contributed by atoms with Gasteiger partial charge >= 0.3 is 0 Å². The molecule has 2 saturated heterocycles. The van der Waals surface area contributed by atoms with Gasteiger partial charge in [-0.15, -0.1) is 0 Å². The Labute approximate surface area is 155 Å². The summed E-state index contributed by atoms with van der Waals surface area (Å²) < 4.78 is 5.85. The Kier molecular flexibility index (Phi) is 5.04. The minimum Gasteiger partial charge on any atom is -0.393 e. The Bertz CT molecular complexity index is 641. The van der Waals surface area contributed by atoms with Gasteiger partial charge < -0.3 is 14.7 Å².